The molecule has 1 amide bonds. The topological polar surface area (TPSA) is 45.5 Å². The molecule has 23 heavy (non-hydrogen) atoms. The second kappa shape index (κ2) is 6.00. The minimum Gasteiger partial charge on any atom is -0.460 e. The van der Waals surface area contributed by atoms with Gasteiger partial charge in [0.15, 0.2) is 0 Å². The number of hydrogen-bond acceptors (Lipinski definition) is 3. The van der Waals surface area contributed by atoms with Crippen LogP contribution in [0.2, 0.25) is 0 Å². The maximum absolute atomic E-state index is 12.9. The Kier molecular flexibility index (Phi) is 3.85. The molecule has 1 aromatic carbocycles. The Bertz CT molecular complexity index is 661. The molecule has 2 aromatic rings. The van der Waals surface area contributed by atoms with Gasteiger partial charge in [0, 0.05) is 18.5 Å². The molecule has 4 rings (SSSR count). The van der Waals surface area contributed by atoms with Crippen molar-refractivity contribution in [3.05, 3.63) is 36.1 Å². The molecule has 122 valence electrons. The summed E-state index contributed by atoms with van der Waals surface area (Å²) in [4.78, 5) is 14.9. The van der Waals surface area contributed by atoms with E-state index >= 15 is 0 Å². The molecule has 4 nitrogen and oxygen atoms in total. The van der Waals surface area contributed by atoms with Crippen molar-refractivity contribution in [1.29, 1.82) is 0 Å². The number of hydrogen-bond donors (Lipinski definition) is 1. The molecule has 3 atom stereocenters. The molecular formula is C19H24N2O2. The fraction of sp³-hybridized carbons (Fsp3) is 0.526. The number of para-hydroxylation sites is 1. The Hall–Kier alpha value is -1.81. The maximum atomic E-state index is 12.9. The van der Waals surface area contributed by atoms with Gasteiger partial charge in [-0.15, -0.1) is 0 Å². The zero-order valence-electron chi connectivity index (χ0n) is 13.6. The van der Waals surface area contributed by atoms with Crippen LogP contribution in [0.4, 0.5) is 0 Å². The number of nitrogens with one attached hydrogen (secondary N) is 1. The first-order valence-corrected chi connectivity index (χ1v) is 8.70. The highest BCUT2D eigenvalue weighted by molar-refractivity contribution is 5.85. The van der Waals surface area contributed by atoms with Crippen molar-refractivity contribution in [3.8, 4) is 0 Å². The molecule has 1 unspecified atom stereocenters. The third kappa shape index (κ3) is 2.76. The van der Waals surface area contributed by atoms with Gasteiger partial charge in [-0.05, 0) is 56.8 Å². The Morgan fingerprint density at radius 3 is 2.61 bits per heavy atom. The van der Waals surface area contributed by atoms with Crippen molar-refractivity contribution in [3.63, 3.8) is 0 Å². The molecule has 0 saturated carbocycles. The Morgan fingerprint density at radius 1 is 1.22 bits per heavy atom. The number of furan rings is 1. The van der Waals surface area contributed by atoms with Gasteiger partial charge in [0.1, 0.15) is 11.3 Å². The monoisotopic (exact) mass is 312 g/mol. The van der Waals surface area contributed by atoms with Crippen molar-refractivity contribution >= 4 is 16.9 Å². The molecule has 4 heteroatoms. The lowest BCUT2D eigenvalue weighted by atomic mass is 9.92. The Labute approximate surface area is 136 Å². The summed E-state index contributed by atoms with van der Waals surface area (Å²) in [7, 11) is 0. The number of amides is 1. The first-order chi connectivity index (χ1) is 11.2. The van der Waals surface area contributed by atoms with Crippen molar-refractivity contribution in [2.45, 2.75) is 25.7 Å². The fourth-order valence-electron chi connectivity index (χ4n) is 4.05. The van der Waals surface area contributed by atoms with E-state index in [1.165, 1.54) is 0 Å². The largest absolute Gasteiger partial charge is 0.460 e. The van der Waals surface area contributed by atoms with E-state index in [0.717, 1.165) is 67.6 Å². The number of rotatable bonds is 2. The molecule has 1 N–H and O–H groups in total. The standard InChI is InChI=1S/C19H24N2O2/c1-13(18-10-14-4-2-3-5-17(14)23-18)19(22)21-8-6-15-11-20-12-16(15)7-9-21/h2-5,10,13,15-16,20H,6-9,11-12H2,1H3/t13?,15-,16+. The molecule has 1 aromatic heterocycles. The van der Waals surface area contributed by atoms with Gasteiger partial charge in [0.05, 0.1) is 5.92 Å². The van der Waals surface area contributed by atoms with Crippen LogP contribution in [0.15, 0.2) is 34.7 Å². The second-order valence-electron chi connectivity index (χ2n) is 6.99. The summed E-state index contributed by atoms with van der Waals surface area (Å²) in [5, 5.41) is 4.55. The van der Waals surface area contributed by atoms with Crippen LogP contribution < -0.4 is 5.32 Å². The zero-order chi connectivity index (χ0) is 15.8. The van der Waals surface area contributed by atoms with Crippen molar-refractivity contribution in [2.24, 2.45) is 11.8 Å². The Balaban J connectivity index is 1.49. The lowest BCUT2D eigenvalue weighted by Gasteiger charge is -2.23. The van der Waals surface area contributed by atoms with Gasteiger partial charge in [-0.3, -0.25) is 4.79 Å². The fourth-order valence-corrected chi connectivity index (χ4v) is 4.05. The summed E-state index contributed by atoms with van der Waals surface area (Å²) in [6, 6.07) is 9.95. The van der Waals surface area contributed by atoms with Crippen LogP contribution in [0.3, 0.4) is 0 Å². The van der Waals surface area contributed by atoms with Gasteiger partial charge >= 0.3 is 0 Å². The summed E-state index contributed by atoms with van der Waals surface area (Å²) in [5.41, 5.74) is 0.860. The van der Waals surface area contributed by atoms with Gasteiger partial charge in [-0.2, -0.15) is 0 Å². The van der Waals surface area contributed by atoms with Crippen LogP contribution >= 0.6 is 0 Å². The lowest BCUT2D eigenvalue weighted by molar-refractivity contribution is -0.132. The molecule has 2 saturated heterocycles. The van der Waals surface area contributed by atoms with E-state index in [1.807, 2.05) is 37.3 Å². The number of carbonyl (C=O) groups excluding carboxylic acids is 1. The maximum Gasteiger partial charge on any atom is 0.233 e. The van der Waals surface area contributed by atoms with E-state index in [0.29, 0.717) is 0 Å². The SMILES string of the molecule is CC(C(=O)N1CC[C@@H]2CNC[C@@H]2CC1)c1cc2ccccc2o1. The third-order valence-corrected chi connectivity index (χ3v) is 5.57. The quantitative estimate of drug-likeness (QED) is 0.927. The predicted molar refractivity (Wildman–Crippen MR) is 90.3 cm³/mol. The molecule has 0 spiro atoms. The number of benzene rings is 1. The first-order valence-electron chi connectivity index (χ1n) is 8.70. The van der Waals surface area contributed by atoms with Crippen molar-refractivity contribution < 1.29 is 9.21 Å². The van der Waals surface area contributed by atoms with E-state index in [1.54, 1.807) is 0 Å². The van der Waals surface area contributed by atoms with E-state index < -0.39 is 0 Å². The van der Waals surface area contributed by atoms with Gasteiger partial charge in [0.25, 0.3) is 0 Å². The highest BCUT2D eigenvalue weighted by Gasteiger charge is 2.33. The molecule has 0 radical (unpaired) electrons. The number of fused-ring (bicyclic) bond motifs is 2. The third-order valence-electron chi connectivity index (χ3n) is 5.57. The molecule has 2 aliphatic heterocycles. The van der Waals surface area contributed by atoms with Gasteiger partial charge in [-0.1, -0.05) is 18.2 Å². The van der Waals surface area contributed by atoms with Crippen LogP contribution in [0, 0.1) is 11.8 Å². The predicted octanol–water partition coefficient (Wildman–Crippen LogP) is 2.99. The Morgan fingerprint density at radius 2 is 1.91 bits per heavy atom. The summed E-state index contributed by atoms with van der Waals surface area (Å²) in [6.45, 7) is 5.96. The summed E-state index contributed by atoms with van der Waals surface area (Å²) in [6.07, 6.45) is 2.24. The average molecular weight is 312 g/mol. The summed E-state index contributed by atoms with van der Waals surface area (Å²) < 4.78 is 5.89. The van der Waals surface area contributed by atoms with Crippen LogP contribution in [-0.4, -0.2) is 37.0 Å². The minimum atomic E-state index is -0.210. The summed E-state index contributed by atoms with van der Waals surface area (Å²) >= 11 is 0. The minimum absolute atomic E-state index is 0.206. The molecule has 0 aliphatic carbocycles. The van der Waals surface area contributed by atoms with Gasteiger partial charge in [0.2, 0.25) is 5.91 Å². The molecule has 2 aliphatic rings. The van der Waals surface area contributed by atoms with E-state index in [4.69, 9.17) is 4.42 Å². The van der Waals surface area contributed by atoms with Crippen molar-refractivity contribution in [1.82, 2.24) is 10.2 Å². The lowest BCUT2D eigenvalue weighted by Crippen LogP contribution is -2.35. The van der Waals surface area contributed by atoms with Crippen LogP contribution in [0.1, 0.15) is 31.4 Å². The number of carbonyl (C=O) groups is 1. The highest BCUT2D eigenvalue weighted by Crippen LogP contribution is 2.30. The van der Waals surface area contributed by atoms with Crippen LogP contribution in [0.5, 0.6) is 0 Å². The summed E-state index contributed by atoms with van der Waals surface area (Å²) in [5.74, 6) is 2.27. The molecule has 3 heterocycles. The second-order valence-corrected chi connectivity index (χ2v) is 6.99. The van der Waals surface area contributed by atoms with Crippen LogP contribution in [0.25, 0.3) is 11.0 Å². The number of nitrogens with zero attached hydrogens (tertiary/aromatic N) is 1. The first kappa shape index (κ1) is 14.8. The molecule has 2 fully saturated rings. The van der Waals surface area contributed by atoms with E-state index in [9.17, 15) is 4.79 Å². The van der Waals surface area contributed by atoms with Gasteiger partial charge < -0.3 is 14.6 Å². The number of likely N-dealkylation sites (tertiary alicyclic amines) is 1. The molecule has 0 bridgehead atoms. The highest BCUT2D eigenvalue weighted by atomic mass is 16.3. The average Bonchev–Trinajstić information content (AvgIpc) is 3.16. The van der Waals surface area contributed by atoms with E-state index in [-0.39, 0.29) is 11.8 Å². The van der Waals surface area contributed by atoms with E-state index in [2.05, 4.69) is 10.2 Å². The normalized spacial score (nSPS) is 26.0. The van der Waals surface area contributed by atoms with Crippen molar-refractivity contribution in [2.75, 3.05) is 26.2 Å². The molecular weight excluding hydrogens is 288 g/mol. The smallest absolute Gasteiger partial charge is 0.233 e. The van der Waals surface area contributed by atoms with Crippen LogP contribution in [-0.2, 0) is 4.79 Å². The van der Waals surface area contributed by atoms with Gasteiger partial charge in [-0.25, -0.2) is 0 Å². The zero-order valence-corrected chi connectivity index (χ0v) is 13.6.